The monoisotopic (exact) mass is 474 g/mol. The zero-order chi connectivity index (χ0) is 20.8. The first-order chi connectivity index (χ1) is 14.0. The molecule has 1 aromatic heterocycles. The molecule has 0 saturated carbocycles. The van der Waals surface area contributed by atoms with E-state index in [-0.39, 0.29) is 5.56 Å². The highest BCUT2D eigenvalue weighted by molar-refractivity contribution is 9.10. The van der Waals surface area contributed by atoms with Crippen LogP contribution in [0.2, 0.25) is 0 Å². The summed E-state index contributed by atoms with van der Waals surface area (Å²) < 4.78 is 9.08. The second-order valence-electron chi connectivity index (χ2n) is 6.02. The van der Waals surface area contributed by atoms with Crippen LogP contribution >= 0.6 is 27.7 Å². The number of thioether (sulfide) groups is 1. The lowest BCUT2D eigenvalue weighted by Crippen LogP contribution is -2.62. The molecule has 3 rings (SSSR count). The highest BCUT2D eigenvalue weighted by atomic mass is 79.9. The molecule has 0 fully saturated rings. The molecule has 0 spiro atoms. The number of nitrogens with two attached hydrogens (primary N) is 1. The van der Waals surface area contributed by atoms with Crippen LogP contribution in [0.5, 0.6) is 5.75 Å². The first-order valence-corrected chi connectivity index (χ1v) is 10.5. The van der Waals surface area contributed by atoms with Crippen molar-refractivity contribution < 1.29 is 9.84 Å². The van der Waals surface area contributed by atoms with E-state index in [1.54, 1.807) is 18.0 Å². The molecule has 3 N–H and O–H groups in total. The van der Waals surface area contributed by atoms with Crippen LogP contribution in [-0.2, 0) is 12.8 Å². The van der Waals surface area contributed by atoms with E-state index < -0.39 is 0 Å². The lowest BCUT2D eigenvalue weighted by molar-refractivity contribution is -0.456. The van der Waals surface area contributed by atoms with Gasteiger partial charge < -0.3 is 10.5 Å². The largest absolute Gasteiger partial charge is 0.497 e. The number of amidine groups is 1. The minimum atomic E-state index is -0.115. The van der Waals surface area contributed by atoms with Gasteiger partial charge in [0.15, 0.2) is 0 Å². The summed E-state index contributed by atoms with van der Waals surface area (Å²) in [5.41, 5.74) is 8.44. The molecule has 0 amide bonds. The van der Waals surface area contributed by atoms with Gasteiger partial charge in [0, 0.05) is 23.5 Å². The van der Waals surface area contributed by atoms with Crippen molar-refractivity contribution in [3.8, 4) is 11.4 Å². The van der Waals surface area contributed by atoms with Gasteiger partial charge in [-0.15, -0.1) is 5.10 Å². The molecule has 1 heterocycles. The number of methoxy groups -OCH3 is 1. The summed E-state index contributed by atoms with van der Waals surface area (Å²) in [7, 11) is 3.47. The second-order valence-corrected chi connectivity index (χ2v) is 7.81. The predicted octanol–water partition coefficient (Wildman–Crippen LogP) is 1.61. The van der Waals surface area contributed by atoms with Crippen molar-refractivity contribution in [2.75, 3.05) is 7.11 Å². The Hall–Kier alpha value is -2.78. The van der Waals surface area contributed by atoms with Crippen LogP contribution in [0.15, 0.2) is 69.0 Å². The molecule has 0 atom stereocenters. The van der Waals surface area contributed by atoms with E-state index in [2.05, 4.69) is 26.1 Å². The molecular weight excluding hydrogens is 454 g/mol. The smallest absolute Gasteiger partial charge is 0.286 e. The first kappa shape index (κ1) is 20.9. The third-order valence-electron chi connectivity index (χ3n) is 4.20. The highest BCUT2D eigenvalue weighted by Gasteiger charge is 2.17. The Morgan fingerprint density at radius 2 is 1.93 bits per heavy atom. The lowest BCUT2D eigenvalue weighted by atomic mass is 10.2. The van der Waals surface area contributed by atoms with Crippen LogP contribution in [0.3, 0.4) is 0 Å². The van der Waals surface area contributed by atoms with Crippen LogP contribution in [0.1, 0.15) is 11.3 Å². The zero-order valence-electron chi connectivity index (χ0n) is 16.0. The maximum atomic E-state index is 12.6. The summed E-state index contributed by atoms with van der Waals surface area (Å²) in [5.74, 6) is 1.28. The number of hydrogen-bond acceptors (Lipinski definition) is 4. The summed E-state index contributed by atoms with van der Waals surface area (Å²) in [6.07, 6.45) is 1.74. The SMILES string of the molecule is COc1ccc(C=[NH+]N=C(N)SCc2c(Br)c(=O)n(-c3ccccc3)n2C)cc1. The van der Waals surface area contributed by atoms with Crippen LogP contribution < -0.4 is 21.1 Å². The Balaban J connectivity index is 1.70. The normalized spacial score (nSPS) is 11.9. The molecule has 2 aromatic carbocycles. The Kier molecular flexibility index (Phi) is 6.95. The maximum Gasteiger partial charge on any atom is 0.286 e. The van der Waals surface area contributed by atoms with E-state index in [9.17, 15) is 4.79 Å². The number of nitrogens with one attached hydrogen (secondary N) is 1. The third-order valence-corrected chi connectivity index (χ3v) is 5.81. The molecule has 0 saturated heterocycles. The molecule has 150 valence electrons. The Morgan fingerprint density at radius 3 is 2.59 bits per heavy atom. The number of rotatable bonds is 6. The molecule has 0 radical (unpaired) electrons. The van der Waals surface area contributed by atoms with Gasteiger partial charge in [0.2, 0.25) is 11.4 Å². The topological polar surface area (TPSA) is 88.5 Å². The highest BCUT2D eigenvalue weighted by Crippen LogP contribution is 2.20. The number of aromatic nitrogens is 2. The fourth-order valence-electron chi connectivity index (χ4n) is 2.68. The molecule has 29 heavy (non-hydrogen) atoms. The van der Waals surface area contributed by atoms with Gasteiger partial charge >= 0.3 is 0 Å². The maximum absolute atomic E-state index is 12.6. The Bertz CT molecular complexity index is 1090. The summed E-state index contributed by atoms with van der Waals surface area (Å²) in [4.78, 5) is 12.6. The Labute approximate surface area is 181 Å². The number of hydrazone groups is 1. The van der Waals surface area contributed by atoms with Gasteiger partial charge in [-0.2, -0.15) is 0 Å². The van der Waals surface area contributed by atoms with Gasteiger partial charge in [0.1, 0.15) is 10.2 Å². The zero-order valence-corrected chi connectivity index (χ0v) is 18.4. The van der Waals surface area contributed by atoms with Crippen molar-refractivity contribution >= 4 is 39.1 Å². The standard InChI is InChI=1S/C20H20BrN5O2S/c1-25-17(18(21)19(27)26(25)15-6-4-3-5-7-15)13-29-20(22)24-23-12-14-8-10-16(28-2)11-9-14/h3-12H,13H2,1-2H3,(H2,22,24)/p+1. The van der Waals surface area contributed by atoms with Crippen molar-refractivity contribution in [3.63, 3.8) is 0 Å². The second kappa shape index (κ2) is 9.62. The van der Waals surface area contributed by atoms with Crippen LogP contribution in [0, 0.1) is 0 Å². The number of benzene rings is 2. The fraction of sp³-hybridized carbons (Fsp3) is 0.150. The van der Waals surface area contributed by atoms with E-state index in [0.717, 1.165) is 22.7 Å². The van der Waals surface area contributed by atoms with E-state index in [1.165, 1.54) is 11.8 Å². The van der Waals surface area contributed by atoms with Crippen molar-refractivity contribution in [1.82, 2.24) is 9.36 Å². The van der Waals surface area contributed by atoms with Gasteiger partial charge in [-0.3, -0.25) is 9.48 Å². The van der Waals surface area contributed by atoms with Gasteiger partial charge in [-0.1, -0.05) is 30.0 Å². The Morgan fingerprint density at radius 1 is 1.24 bits per heavy atom. The van der Waals surface area contributed by atoms with Crippen LogP contribution in [0.25, 0.3) is 5.69 Å². The van der Waals surface area contributed by atoms with E-state index >= 15 is 0 Å². The molecule has 0 aliphatic carbocycles. The van der Waals surface area contributed by atoms with E-state index in [0.29, 0.717) is 15.4 Å². The number of nitrogens with zero attached hydrogens (tertiary/aromatic N) is 3. The van der Waals surface area contributed by atoms with Crippen molar-refractivity contribution in [2.45, 2.75) is 5.75 Å². The molecule has 9 heteroatoms. The molecule has 0 bridgehead atoms. The summed E-state index contributed by atoms with van der Waals surface area (Å²) in [5, 5.41) is 7.34. The number of halogens is 1. The average molecular weight is 475 g/mol. The molecule has 7 nitrogen and oxygen atoms in total. The van der Waals surface area contributed by atoms with Crippen LogP contribution in [-0.4, -0.2) is 27.9 Å². The molecule has 0 unspecified atom stereocenters. The molecule has 0 aliphatic rings. The summed E-state index contributed by atoms with van der Waals surface area (Å²) >= 11 is 4.75. The minimum absolute atomic E-state index is 0.115. The van der Waals surface area contributed by atoms with Gasteiger partial charge in [0.25, 0.3) is 5.56 Å². The lowest BCUT2D eigenvalue weighted by Gasteiger charge is -2.09. The average Bonchev–Trinajstić information content (AvgIpc) is 2.96. The molecular formula is C20H21BrN5O2S+. The number of para-hydroxylation sites is 1. The van der Waals surface area contributed by atoms with Crippen molar-refractivity contribution in [2.24, 2.45) is 17.9 Å². The van der Waals surface area contributed by atoms with Gasteiger partial charge in [0.05, 0.1) is 18.5 Å². The molecule has 0 aliphatic heterocycles. The van der Waals surface area contributed by atoms with Crippen molar-refractivity contribution in [3.05, 3.63) is 80.7 Å². The molecule has 3 aromatic rings. The number of hydrogen-bond donors (Lipinski definition) is 2. The van der Waals surface area contributed by atoms with Crippen LogP contribution in [0.4, 0.5) is 0 Å². The van der Waals surface area contributed by atoms with Gasteiger partial charge in [-0.25, -0.2) is 4.68 Å². The van der Waals surface area contributed by atoms with Crippen molar-refractivity contribution in [1.29, 1.82) is 0 Å². The van der Waals surface area contributed by atoms with E-state index in [1.807, 2.05) is 66.3 Å². The third kappa shape index (κ3) is 4.99. The van der Waals surface area contributed by atoms with E-state index in [4.69, 9.17) is 10.5 Å². The summed E-state index contributed by atoms with van der Waals surface area (Å²) in [6.45, 7) is 0. The first-order valence-electron chi connectivity index (χ1n) is 8.72. The number of ether oxygens (including phenoxy) is 1. The fourth-order valence-corrected chi connectivity index (χ4v) is 4.16. The predicted molar refractivity (Wildman–Crippen MR) is 121 cm³/mol. The minimum Gasteiger partial charge on any atom is -0.497 e. The summed E-state index contributed by atoms with van der Waals surface area (Å²) in [6, 6.07) is 17.0. The quantitative estimate of drug-likeness (QED) is 0.322. The van der Waals surface area contributed by atoms with Gasteiger partial charge in [-0.05, 0) is 52.3 Å².